The Morgan fingerprint density at radius 3 is 2.60 bits per heavy atom. The van der Waals surface area contributed by atoms with Crippen molar-refractivity contribution in [3.63, 3.8) is 0 Å². The Morgan fingerprint density at radius 2 is 1.75 bits per heavy atom. The first kappa shape index (κ1) is 57.7. The lowest BCUT2D eigenvalue weighted by Gasteiger charge is -2.74. The van der Waals surface area contributed by atoms with E-state index in [1.807, 2.05) is 6.07 Å². The van der Waals surface area contributed by atoms with Gasteiger partial charge in [-0.25, -0.2) is 4.79 Å². The van der Waals surface area contributed by atoms with Gasteiger partial charge in [-0.05, 0) is 221 Å². The predicted molar refractivity (Wildman–Crippen MR) is 338 cm³/mol. The van der Waals surface area contributed by atoms with Gasteiger partial charge < -0.3 is 43.6 Å². The zero-order chi connectivity index (χ0) is 62.1. The number of esters is 2. The third-order valence-corrected chi connectivity index (χ3v) is 32.4. The molecule has 14 fully saturated rings. The highest BCUT2D eigenvalue weighted by Crippen LogP contribution is 2.92. The number of carbonyl (C=O) groups excluding carboxylic acids is 3. The quantitative estimate of drug-likeness (QED) is 0.0807. The molecule has 1 aromatic carbocycles. The number of aliphatic hydroxyl groups is 3. The molecule has 0 unspecified atom stereocenters. The van der Waals surface area contributed by atoms with Crippen LogP contribution in [0.3, 0.4) is 0 Å². The number of ketones is 1. The van der Waals surface area contributed by atoms with E-state index < -0.39 is 98.6 Å². The van der Waals surface area contributed by atoms with E-state index in [2.05, 4.69) is 104 Å². The van der Waals surface area contributed by atoms with Crippen LogP contribution in [0.15, 0.2) is 83.2 Å². The minimum atomic E-state index is -1.59. The molecular formula is C79H96N2O11. The number of epoxide rings is 1. The SMILES string of the molecule is C[C@H]1[C@H]([C@@H]2C=C3C[C@H]4CC5(CCCC5)C[C@]45C[C@H]4C[C@]6(C)[C@]78O[C@@H]7C(=O)O[C@]6(c6ccoc6C[C@@H]([C@@H]6CC[C@@H]7[C@H](C=CN9CNC[C@@H]79)C6)[C@H](O)CO)CC#C[C@H]6CC[C@@H](Cc7ccccc7)C[C@H]6[C@]86[C@H](O)C(=O)[C@@H]7[C@@]2(C)O[C@]32[C@H]5C(=O)OC[C@@]72[C@@H]46)C=C[C@@H]2CCC[C@@H]12. The Morgan fingerprint density at radius 1 is 0.891 bits per heavy atom. The molecule has 11 aliphatic carbocycles. The van der Waals surface area contributed by atoms with Crippen molar-refractivity contribution in [2.24, 2.45) is 128 Å². The van der Waals surface area contributed by atoms with E-state index >= 15 is 19.5 Å². The molecule has 9 bridgehead atoms. The number of nitrogens with zero attached hydrogens (tertiary/aromatic N) is 1. The zero-order valence-corrected chi connectivity index (χ0v) is 54.3. The molecule has 20 rings (SSSR count). The third-order valence-electron chi connectivity index (χ3n) is 32.4. The maximum atomic E-state index is 17.9. The maximum absolute atomic E-state index is 17.9. The number of carbonyl (C=O) groups is 3. The molecule has 0 amide bonds. The summed E-state index contributed by atoms with van der Waals surface area (Å²) >= 11 is 0. The van der Waals surface area contributed by atoms with Gasteiger partial charge >= 0.3 is 11.9 Å². The number of ether oxygens (including phenoxy) is 4. The number of nitrogens with one attached hydrogen (secondary N) is 1. The van der Waals surface area contributed by atoms with Gasteiger partial charge in [0.2, 0.25) is 0 Å². The molecule has 92 heavy (non-hydrogen) atoms. The Kier molecular flexibility index (Phi) is 12.0. The summed E-state index contributed by atoms with van der Waals surface area (Å²) in [7, 11) is 0. The van der Waals surface area contributed by atoms with Crippen molar-refractivity contribution in [1.82, 2.24) is 10.2 Å². The molecule has 13 nitrogen and oxygen atoms in total. The molecule has 9 saturated carbocycles. The highest BCUT2D eigenvalue weighted by atomic mass is 16.7. The number of aliphatic hydroxyl groups excluding tert-OH is 3. The number of Topliss-reactive ketones (excluding diaryl/α,β-unsaturated/α-hetero) is 1. The van der Waals surface area contributed by atoms with E-state index in [1.54, 1.807) is 6.26 Å². The Labute approximate surface area is 542 Å². The average molecular weight is 1250 g/mol. The number of furan rings is 1. The van der Waals surface area contributed by atoms with Crippen LogP contribution in [0.4, 0.5) is 0 Å². The van der Waals surface area contributed by atoms with Crippen molar-refractivity contribution < 1.29 is 53.1 Å². The van der Waals surface area contributed by atoms with Crippen LogP contribution < -0.4 is 5.32 Å². The number of hydrogen-bond donors (Lipinski definition) is 4. The lowest BCUT2D eigenvalue weighted by molar-refractivity contribution is -0.315. The Hall–Kier alpha value is -4.55. The van der Waals surface area contributed by atoms with Gasteiger partial charge in [0, 0.05) is 47.2 Å². The summed E-state index contributed by atoms with van der Waals surface area (Å²) in [6.45, 7) is 8.46. The highest BCUT2D eigenvalue weighted by molar-refractivity contribution is 5.94. The predicted octanol–water partition coefficient (Wildman–Crippen LogP) is 10.6. The summed E-state index contributed by atoms with van der Waals surface area (Å²) in [4.78, 5) is 52.9. The van der Waals surface area contributed by atoms with Crippen LogP contribution in [0, 0.1) is 140 Å². The van der Waals surface area contributed by atoms with Crippen LogP contribution in [-0.4, -0.2) is 106 Å². The number of allylic oxidation sites excluding steroid dienone is 3. The van der Waals surface area contributed by atoms with Crippen molar-refractivity contribution in [2.75, 3.05) is 26.4 Å². The number of fused-ring (bicyclic) bond motifs is 7. The van der Waals surface area contributed by atoms with Crippen LogP contribution in [0.25, 0.3) is 0 Å². The monoisotopic (exact) mass is 1250 g/mol. The number of cyclic esters (lactones) is 1. The molecule has 1 aromatic heterocycles. The fourth-order valence-electron chi connectivity index (χ4n) is 29.8. The van der Waals surface area contributed by atoms with Gasteiger partial charge in [-0.3, -0.25) is 14.9 Å². The normalized spacial score (nSPS) is 53.0. The van der Waals surface area contributed by atoms with Crippen molar-refractivity contribution >= 4 is 17.7 Å². The van der Waals surface area contributed by atoms with Gasteiger partial charge in [-0.1, -0.05) is 99.6 Å². The molecule has 29 atom stereocenters. The average Bonchev–Trinajstić information content (AvgIpc) is 1.38. The van der Waals surface area contributed by atoms with E-state index in [9.17, 15) is 10.2 Å². The lowest BCUT2D eigenvalue weighted by atomic mass is 9.28. The largest absolute Gasteiger partial charge is 0.469 e. The summed E-state index contributed by atoms with van der Waals surface area (Å²) in [5.74, 6) is 6.95. The fraction of sp³-hybridized carbons (Fsp3) is 0.734. The molecule has 4 N–H and O–H groups in total. The van der Waals surface area contributed by atoms with Gasteiger partial charge in [0.15, 0.2) is 17.5 Å². The number of benzene rings is 1. The molecule has 8 heterocycles. The van der Waals surface area contributed by atoms with E-state index in [4.69, 9.17) is 23.4 Å². The molecule has 7 aliphatic heterocycles. The molecule has 18 aliphatic rings. The standard InChI is InChI=1S/C79H96N2O11/c1-43-53-15-9-13-46(53)18-20-54(43)59-33-51-32-52-37-73(24-7-8-25-73)40-74(52)36-50-35-71(2)76(57-23-28-88-62(57)34-56(61(83)39-82)48-19-21-55-49(31-48)22-27-81-42-80-38-60(55)81)26-10-14-47-17-16-45(29-44-11-5-4-6-12-44)30-58(47)77(79(71)68(90-79)70(87)91-76)64(50)75-41-89-69(86)66(74)78(51,75)92-72(59,3)65(75)63(84)67(77)85/h4-6,11-12,18,20,22-23,27-28,33,43,45-50,52-56,58-61,64-68,80,82-83,85H,7-9,13,15-17,19,21,24-26,29-32,34-42H2,1-3H3/t43-,45+,46+,47+,48-,49-,50-,52+,53+,54-,55-,56+,58-,59+,60+,61-,64-,65-,66+,67-,68-,71+,72+,74-,75-,76+,77+,78+,79-/m1/s1. The van der Waals surface area contributed by atoms with Gasteiger partial charge in [0.1, 0.15) is 29.7 Å². The number of hydrogen-bond acceptors (Lipinski definition) is 13. The van der Waals surface area contributed by atoms with E-state index in [0.29, 0.717) is 72.6 Å². The Balaban J connectivity index is 0.813. The smallest absolute Gasteiger partial charge is 0.339 e. The van der Waals surface area contributed by atoms with E-state index in [0.717, 1.165) is 83.8 Å². The van der Waals surface area contributed by atoms with Crippen LogP contribution in [-0.2, 0) is 51.8 Å². The molecular weight excluding hydrogens is 1150 g/mol. The molecule has 0 radical (unpaired) electrons. The molecule has 13 heteroatoms. The van der Waals surface area contributed by atoms with E-state index in [-0.39, 0.29) is 77.5 Å². The highest BCUT2D eigenvalue weighted by Gasteiger charge is 3.00. The van der Waals surface area contributed by atoms with Crippen LogP contribution >= 0.6 is 0 Å². The van der Waals surface area contributed by atoms with Gasteiger partial charge in [-0.15, -0.1) is 0 Å². The second-order valence-corrected chi connectivity index (χ2v) is 35.1. The molecule has 6 spiro atoms. The van der Waals surface area contributed by atoms with Crippen molar-refractivity contribution in [1.29, 1.82) is 0 Å². The minimum absolute atomic E-state index is 0.0129. The van der Waals surface area contributed by atoms with Crippen LogP contribution in [0.1, 0.15) is 160 Å². The van der Waals surface area contributed by atoms with Crippen molar-refractivity contribution in [2.45, 2.75) is 202 Å². The minimum Gasteiger partial charge on any atom is -0.469 e. The first-order valence-electron chi connectivity index (χ1n) is 37.0. The third kappa shape index (κ3) is 6.66. The fourth-order valence-corrected chi connectivity index (χ4v) is 29.8. The summed E-state index contributed by atoms with van der Waals surface area (Å²) in [5, 5.41) is 42.1. The van der Waals surface area contributed by atoms with Crippen molar-refractivity contribution in [3.8, 4) is 11.8 Å². The molecule has 2 aromatic rings. The van der Waals surface area contributed by atoms with Gasteiger partial charge in [-0.2, -0.15) is 0 Å². The lowest BCUT2D eigenvalue weighted by Crippen LogP contribution is -2.83. The van der Waals surface area contributed by atoms with Gasteiger partial charge in [0.05, 0.1) is 54.9 Å². The summed E-state index contributed by atoms with van der Waals surface area (Å²) in [6, 6.07) is 13.2. The molecule has 488 valence electrons. The topological polar surface area (TPSA) is 181 Å². The summed E-state index contributed by atoms with van der Waals surface area (Å²) in [6.07, 6.45) is 29.0. The molecule has 5 saturated heterocycles. The maximum Gasteiger partial charge on any atom is 0.339 e. The number of rotatable bonds is 9. The second-order valence-electron chi connectivity index (χ2n) is 35.1. The first-order chi connectivity index (χ1) is 44.6. The van der Waals surface area contributed by atoms with Gasteiger partial charge in [0.25, 0.3) is 0 Å². The second kappa shape index (κ2) is 19.2. The van der Waals surface area contributed by atoms with Crippen LogP contribution in [0.5, 0.6) is 0 Å². The summed E-state index contributed by atoms with van der Waals surface area (Å²) in [5.41, 5.74) is -6.27. The van der Waals surface area contributed by atoms with Crippen LogP contribution in [0.2, 0.25) is 0 Å². The summed E-state index contributed by atoms with van der Waals surface area (Å²) < 4.78 is 38.0. The van der Waals surface area contributed by atoms with E-state index in [1.165, 1.54) is 43.2 Å². The van der Waals surface area contributed by atoms with Crippen molar-refractivity contribution in [3.05, 3.63) is 95.6 Å². The zero-order valence-electron chi connectivity index (χ0n) is 54.3. The first-order valence-corrected chi connectivity index (χ1v) is 37.0. The Bertz CT molecular complexity index is 3630.